The first kappa shape index (κ1) is 20.3. The Morgan fingerprint density at radius 1 is 1.13 bits per heavy atom. The second kappa shape index (κ2) is 8.42. The van der Waals surface area contributed by atoms with Gasteiger partial charge in [0.05, 0.1) is 12.5 Å². The van der Waals surface area contributed by atoms with Crippen molar-refractivity contribution in [3.05, 3.63) is 47.4 Å². The predicted molar refractivity (Wildman–Crippen MR) is 113 cm³/mol. The standard InChI is InChI=1S/C23H28N4O3/c1-15-6-7-19(11-16(15)2)27-13-18(12-22(27)28)23(29)26-10-4-5-20(14-26)30-21-8-9-24-17(3)25-21/h6-9,11,18,20H,4-5,10,12-14H2,1-3H3. The van der Waals surface area contributed by atoms with E-state index < -0.39 is 0 Å². The zero-order valence-electron chi connectivity index (χ0n) is 17.8. The van der Waals surface area contributed by atoms with Crippen LogP contribution >= 0.6 is 0 Å². The van der Waals surface area contributed by atoms with E-state index in [0.717, 1.165) is 24.1 Å². The van der Waals surface area contributed by atoms with E-state index in [1.165, 1.54) is 5.56 Å². The maximum Gasteiger partial charge on any atom is 0.228 e. The molecule has 7 nitrogen and oxygen atoms in total. The molecule has 3 heterocycles. The number of amides is 2. The van der Waals surface area contributed by atoms with E-state index in [2.05, 4.69) is 16.9 Å². The number of piperidine rings is 1. The lowest BCUT2D eigenvalue weighted by molar-refractivity contribution is -0.138. The van der Waals surface area contributed by atoms with Gasteiger partial charge in [-0.25, -0.2) is 4.98 Å². The second-order valence-electron chi connectivity index (χ2n) is 8.28. The Morgan fingerprint density at radius 2 is 1.97 bits per heavy atom. The molecule has 1 aromatic heterocycles. The fourth-order valence-corrected chi connectivity index (χ4v) is 4.18. The van der Waals surface area contributed by atoms with Crippen molar-refractivity contribution < 1.29 is 14.3 Å². The molecule has 7 heteroatoms. The highest BCUT2D eigenvalue weighted by Crippen LogP contribution is 2.29. The summed E-state index contributed by atoms with van der Waals surface area (Å²) in [4.78, 5) is 37.8. The maximum absolute atomic E-state index is 13.2. The third-order valence-electron chi connectivity index (χ3n) is 6.00. The van der Waals surface area contributed by atoms with Gasteiger partial charge >= 0.3 is 0 Å². The lowest BCUT2D eigenvalue weighted by Gasteiger charge is -2.34. The fraction of sp³-hybridized carbons (Fsp3) is 0.478. The van der Waals surface area contributed by atoms with Gasteiger partial charge in [0, 0.05) is 37.5 Å². The van der Waals surface area contributed by atoms with Crippen LogP contribution in [-0.4, -0.2) is 52.4 Å². The van der Waals surface area contributed by atoms with E-state index >= 15 is 0 Å². The van der Waals surface area contributed by atoms with Crippen molar-refractivity contribution in [2.75, 3.05) is 24.5 Å². The van der Waals surface area contributed by atoms with Crippen LogP contribution in [-0.2, 0) is 9.59 Å². The molecule has 0 radical (unpaired) electrons. The van der Waals surface area contributed by atoms with Gasteiger partial charge in [0.1, 0.15) is 11.9 Å². The number of nitrogens with zero attached hydrogens (tertiary/aromatic N) is 4. The average molecular weight is 409 g/mol. The molecule has 0 N–H and O–H groups in total. The number of benzene rings is 1. The lowest BCUT2D eigenvalue weighted by Crippen LogP contribution is -2.47. The normalized spacial score (nSPS) is 21.8. The minimum atomic E-state index is -0.306. The molecule has 2 fully saturated rings. The molecule has 1 aromatic carbocycles. The van der Waals surface area contributed by atoms with Crippen molar-refractivity contribution in [3.8, 4) is 5.88 Å². The molecule has 30 heavy (non-hydrogen) atoms. The summed E-state index contributed by atoms with van der Waals surface area (Å²) in [6.07, 6.45) is 3.60. The van der Waals surface area contributed by atoms with E-state index in [1.807, 2.05) is 36.9 Å². The highest BCUT2D eigenvalue weighted by atomic mass is 16.5. The van der Waals surface area contributed by atoms with Gasteiger partial charge in [-0.05, 0) is 56.9 Å². The number of likely N-dealkylation sites (tertiary alicyclic amines) is 1. The van der Waals surface area contributed by atoms with Crippen LogP contribution < -0.4 is 9.64 Å². The zero-order valence-corrected chi connectivity index (χ0v) is 17.8. The Balaban J connectivity index is 1.40. The Labute approximate surface area is 177 Å². The maximum atomic E-state index is 13.2. The van der Waals surface area contributed by atoms with Crippen LogP contribution in [0.3, 0.4) is 0 Å². The Bertz CT molecular complexity index is 961. The molecule has 2 aromatic rings. The van der Waals surface area contributed by atoms with Crippen LogP contribution in [0.25, 0.3) is 0 Å². The summed E-state index contributed by atoms with van der Waals surface area (Å²) in [6, 6.07) is 7.75. The second-order valence-corrected chi connectivity index (χ2v) is 8.28. The highest BCUT2D eigenvalue weighted by Gasteiger charge is 2.38. The first-order valence-electron chi connectivity index (χ1n) is 10.5. The summed E-state index contributed by atoms with van der Waals surface area (Å²) in [5.74, 6) is 0.949. The largest absolute Gasteiger partial charge is 0.472 e. The summed E-state index contributed by atoms with van der Waals surface area (Å²) in [7, 11) is 0. The summed E-state index contributed by atoms with van der Waals surface area (Å²) in [5.41, 5.74) is 3.21. The first-order valence-corrected chi connectivity index (χ1v) is 10.5. The Morgan fingerprint density at radius 3 is 2.73 bits per heavy atom. The van der Waals surface area contributed by atoms with Crippen LogP contribution in [0.15, 0.2) is 30.5 Å². The van der Waals surface area contributed by atoms with Crippen LogP contribution in [0.5, 0.6) is 5.88 Å². The molecule has 2 amide bonds. The summed E-state index contributed by atoms with van der Waals surface area (Å²) in [6.45, 7) is 7.57. The van der Waals surface area contributed by atoms with Crippen LogP contribution in [0.4, 0.5) is 5.69 Å². The number of hydrogen-bond donors (Lipinski definition) is 0. The van der Waals surface area contributed by atoms with Gasteiger partial charge < -0.3 is 14.5 Å². The number of anilines is 1. The predicted octanol–water partition coefficient (Wildman–Crippen LogP) is 2.82. The molecule has 0 aliphatic carbocycles. The van der Waals surface area contributed by atoms with Gasteiger partial charge in [-0.3, -0.25) is 9.59 Å². The van der Waals surface area contributed by atoms with Crippen LogP contribution in [0, 0.1) is 26.7 Å². The average Bonchev–Trinajstić information content (AvgIpc) is 3.11. The number of hydrogen-bond acceptors (Lipinski definition) is 5. The van der Waals surface area contributed by atoms with E-state index in [4.69, 9.17) is 4.74 Å². The number of carbonyl (C=O) groups excluding carboxylic acids is 2. The summed E-state index contributed by atoms with van der Waals surface area (Å²) in [5, 5.41) is 0. The number of aromatic nitrogens is 2. The fourth-order valence-electron chi connectivity index (χ4n) is 4.18. The van der Waals surface area contributed by atoms with Crippen LogP contribution in [0.2, 0.25) is 0 Å². The molecular weight excluding hydrogens is 380 g/mol. The van der Waals surface area contributed by atoms with Crippen molar-refractivity contribution in [1.29, 1.82) is 0 Å². The number of ether oxygens (including phenoxy) is 1. The Kier molecular flexibility index (Phi) is 5.70. The molecule has 2 aliphatic heterocycles. The molecule has 0 spiro atoms. The van der Waals surface area contributed by atoms with Crippen LogP contribution in [0.1, 0.15) is 36.2 Å². The molecule has 2 aliphatic rings. The van der Waals surface area contributed by atoms with Gasteiger partial charge in [-0.2, -0.15) is 4.98 Å². The topological polar surface area (TPSA) is 75.6 Å². The smallest absolute Gasteiger partial charge is 0.228 e. The molecule has 2 unspecified atom stereocenters. The molecule has 0 saturated carbocycles. The zero-order chi connectivity index (χ0) is 21.3. The third kappa shape index (κ3) is 4.30. The van der Waals surface area contributed by atoms with Crippen molar-refractivity contribution in [2.45, 2.75) is 46.1 Å². The monoisotopic (exact) mass is 408 g/mol. The SMILES string of the molecule is Cc1nccc(OC2CCCN(C(=O)C3CC(=O)N(c4ccc(C)c(C)c4)C3)C2)n1. The minimum absolute atomic E-state index is 0.0119. The molecule has 4 rings (SSSR count). The lowest BCUT2D eigenvalue weighted by atomic mass is 10.0. The van der Waals surface area contributed by atoms with E-state index in [9.17, 15) is 9.59 Å². The van der Waals surface area contributed by atoms with Gasteiger partial charge in [0.25, 0.3) is 0 Å². The molecule has 0 bridgehead atoms. The van der Waals surface area contributed by atoms with Gasteiger partial charge in [-0.15, -0.1) is 0 Å². The first-order chi connectivity index (χ1) is 14.4. The van der Waals surface area contributed by atoms with E-state index in [0.29, 0.717) is 31.3 Å². The van der Waals surface area contributed by atoms with Gasteiger partial charge in [-0.1, -0.05) is 6.07 Å². The van der Waals surface area contributed by atoms with Gasteiger partial charge in [0.15, 0.2) is 0 Å². The molecule has 2 saturated heterocycles. The van der Waals surface area contributed by atoms with E-state index in [1.54, 1.807) is 17.2 Å². The highest BCUT2D eigenvalue weighted by molar-refractivity contribution is 6.00. The van der Waals surface area contributed by atoms with Gasteiger partial charge in [0.2, 0.25) is 17.7 Å². The summed E-state index contributed by atoms with van der Waals surface area (Å²) < 4.78 is 5.99. The number of rotatable bonds is 4. The van der Waals surface area contributed by atoms with Crippen molar-refractivity contribution in [3.63, 3.8) is 0 Å². The molecular formula is C23H28N4O3. The molecule has 158 valence electrons. The quantitative estimate of drug-likeness (QED) is 0.778. The Hall–Kier alpha value is -2.96. The number of carbonyl (C=O) groups is 2. The molecule has 2 atom stereocenters. The summed E-state index contributed by atoms with van der Waals surface area (Å²) >= 11 is 0. The van der Waals surface area contributed by atoms with Crippen molar-refractivity contribution in [1.82, 2.24) is 14.9 Å². The van der Waals surface area contributed by atoms with Crippen molar-refractivity contribution >= 4 is 17.5 Å². The minimum Gasteiger partial charge on any atom is -0.472 e. The number of aryl methyl sites for hydroxylation is 3. The van der Waals surface area contributed by atoms with Crippen molar-refractivity contribution in [2.24, 2.45) is 5.92 Å². The third-order valence-corrected chi connectivity index (χ3v) is 6.00. The van der Waals surface area contributed by atoms with E-state index in [-0.39, 0.29) is 30.3 Å².